The molecule has 1 unspecified atom stereocenters. The number of nitrogens with zero attached hydrogens (tertiary/aromatic N) is 1. The predicted molar refractivity (Wildman–Crippen MR) is 46.0 cm³/mol. The minimum atomic E-state index is 0.155. The first-order valence-corrected chi connectivity index (χ1v) is 4.09. The highest BCUT2D eigenvalue weighted by Crippen LogP contribution is 2.29. The third-order valence-corrected chi connectivity index (χ3v) is 2.31. The summed E-state index contributed by atoms with van der Waals surface area (Å²) in [5.41, 5.74) is 8.15. The van der Waals surface area contributed by atoms with Crippen LogP contribution in [-0.2, 0) is 6.42 Å². The van der Waals surface area contributed by atoms with Crippen molar-refractivity contribution in [1.82, 2.24) is 4.98 Å². The minimum absolute atomic E-state index is 0.155. The van der Waals surface area contributed by atoms with E-state index in [9.17, 15) is 0 Å². The molecule has 1 aromatic heterocycles. The molecule has 1 aliphatic rings. The Morgan fingerprint density at radius 3 is 3.25 bits per heavy atom. The molecule has 1 atom stereocenters. The molecule has 0 radical (unpaired) electrons. The lowest BCUT2D eigenvalue weighted by Gasteiger charge is -2.05. The van der Waals surface area contributed by atoms with E-state index in [1.165, 1.54) is 0 Å². The lowest BCUT2D eigenvalue weighted by Crippen LogP contribution is -2.05. The summed E-state index contributed by atoms with van der Waals surface area (Å²) in [4.78, 5) is 4.28. The molecule has 0 saturated heterocycles. The second kappa shape index (κ2) is 2.75. The Kier molecular flexibility index (Phi) is 1.73. The van der Waals surface area contributed by atoms with Gasteiger partial charge in [0, 0.05) is 11.7 Å². The van der Waals surface area contributed by atoms with Crippen LogP contribution in [-0.4, -0.2) is 12.1 Å². The Balaban J connectivity index is 2.43. The maximum atomic E-state index is 5.87. The van der Waals surface area contributed by atoms with Gasteiger partial charge in [0.1, 0.15) is 5.75 Å². The van der Waals surface area contributed by atoms with Crippen molar-refractivity contribution in [2.45, 2.75) is 18.9 Å². The Bertz CT molecular complexity index is 299. The highest BCUT2D eigenvalue weighted by Gasteiger charge is 2.20. The highest BCUT2D eigenvalue weighted by atomic mass is 16.5. The summed E-state index contributed by atoms with van der Waals surface area (Å²) in [6, 6.07) is 2.14. The van der Waals surface area contributed by atoms with Crippen LogP contribution in [0.15, 0.2) is 12.3 Å². The molecule has 3 heteroatoms. The smallest absolute Gasteiger partial charge is 0.137 e. The number of fused-ring (bicyclic) bond motifs is 1. The first kappa shape index (κ1) is 7.55. The summed E-state index contributed by atoms with van der Waals surface area (Å²) in [6.45, 7) is 0. The zero-order valence-corrected chi connectivity index (χ0v) is 7.08. The van der Waals surface area contributed by atoms with E-state index < -0.39 is 0 Å². The van der Waals surface area contributed by atoms with Crippen molar-refractivity contribution in [2.75, 3.05) is 7.11 Å². The first-order valence-electron chi connectivity index (χ1n) is 4.09. The molecule has 1 aliphatic carbocycles. The minimum Gasteiger partial charge on any atom is -0.495 e. The average molecular weight is 164 g/mol. The molecule has 3 nitrogen and oxygen atoms in total. The van der Waals surface area contributed by atoms with Crippen LogP contribution in [0.2, 0.25) is 0 Å². The summed E-state index contributed by atoms with van der Waals surface area (Å²) in [5, 5.41) is 0. The molecular formula is C9H12N2O. The normalized spacial score (nSPS) is 20.7. The quantitative estimate of drug-likeness (QED) is 0.674. The van der Waals surface area contributed by atoms with E-state index in [1.807, 2.05) is 6.07 Å². The molecule has 0 spiro atoms. The fraction of sp³-hybridized carbons (Fsp3) is 0.444. The molecule has 0 amide bonds. The van der Waals surface area contributed by atoms with E-state index in [1.54, 1.807) is 13.3 Å². The van der Waals surface area contributed by atoms with Crippen LogP contribution in [0, 0.1) is 0 Å². The number of pyridine rings is 1. The SMILES string of the molecule is COc1cnc2c(c1)C(N)CC2. The van der Waals surface area contributed by atoms with Crippen molar-refractivity contribution in [3.8, 4) is 5.75 Å². The Hall–Kier alpha value is -1.09. The molecule has 2 rings (SSSR count). The van der Waals surface area contributed by atoms with Gasteiger partial charge in [-0.1, -0.05) is 0 Å². The molecule has 2 N–H and O–H groups in total. The largest absolute Gasteiger partial charge is 0.495 e. The number of hydrogen-bond donors (Lipinski definition) is 1. The number of aromatic nitrogens is 1. The number of hydrogen-bond acceptors (Lipinski definition) is 3. The summed E-state index contributed by atoms with van der Waals surface area (Å²) < 4.78 is 5.07. The van der Waals surface area contributed by atoms with Crippen molar-refractivity contribution in [3.63, 3.8) is 0 Å². The lowest BCUT2D eigenvalue weighted by molar-refractivity contribution is 0.412. The molecule has 0 saturated carbocycles. The van der Waals surface area contributed by atoms with Gasteiger partial charge in [0.05, 0.1) is 13.3 Å². The number of nitrogens with two attached hydrogens (primary N) is 1. The van der Waals surface area contributed by atoms with Crippen molar-refractivity contribution >= 4 is 0 Å². The lowest BCUT2D eigenvalue weighted by atomic mass is 10.1. The molecule has 0 aromatic carbocycles. The third-order valence-electron chi connectivity index (χ3n) is 2.31. The molecule has 0 aliphatic heterocycles. The maximum Gasteiger partial charge on any atom is 0.137 e. The third kappa shape index (κ3) is 1.06. The Labute approximate surface area is 71.6 Å². The number of methoxy groups -OCH3 is 1. The van der Waals surface area contributed by atoms with Crippen LogP contribution in [0.3, 0.4) is 0 Å². The van der Waals surface area contributed by atoms with Crippen LogP contribution in [0.5, 0.6) is 5.75 Å². The monoisotopic (exact) mass is 164 g/mol. The van der Waals surface area contributed by atoms with Gasteiger partial charge in [0.2, 0.25) is 0 Å². The van der Waals surface area contributed by atoms with Gasteiger partial charge < -0.3 is 10.5 Å². The zero-order valence-electron chi connectivity index (χ0n) is 7.08. The second-order valence-corrected chi connectivity index (χ2v) is 3.06. The van der Waals surface area contributed by atoms with Gasteiger partial charge in [0.25, 0.3) is 0 Å². The standard InChI is InChI=1S/C9H12N2O/c1-12-6-4-7-8(10)2-3-9(7)11-5-6/h4-5,8H,2-3,10H2,1H3. The summed E-state index contributed by atoms with van der Waals surface area (Å²) in [5.74, 6) is 0.797. The van der Waals surface area contributed by atoms with Gasteiger partial charge in [-0.2, -0.15) is 0 Å². The van der Waals surface area contributed by atoms with Crippen molar-refractivity contribution in [2.24, 2.45) is 5.73 Å². The number of rotatable bonds is 1. The molecule has 1 heterocycles. The van der Waals surface area contributed by atoms with Crippen LogP contribution in [0.4, 0.5) is 0 Å². The molecule has 0 fully saturated rings. The fourth-order valence-corrected chi connectivity index (χ4v) is 1.58. The molecule has 12 heavy (non-hydrogen) atoms. The topological polar surface area (TPSA) is 48.1 Å². The van der Waals surface area contributed by atoms with Gasteiger partial charge in [-0.15, -0.1) is 0 Å². The van der Waals surface area contributed by atoms with Crippen LogP contribution >= 0.6 is 0 Å². The van der Waals surface area contributed by atoms with Crippen LogP contribution in [0.25, 0.3) is 0 Å². The molecule has 1 aromatic rings. The van der Waals surface area contributed by atoms with E-state index in [4.69, 9.17) is 10.5 Å². The van der Waals surface area contributed by atoms with Crippen molar-refractivity contribution in [1.29, 1.82) is 0 Å². The summed E-state index contributed by atoms with van der Waals surface area (Å²) >= 11 is 0. The summed E-state index contributed by atoms with van der Waals surface area (Å²) in [7, 11) is 1.64. The van der Waals surface area contributed by atoms with E-state index in [0.29, 0.717) is 0 Å². The van der Waals surface area contributed by atoms with E-state index in [0.717, 1.165) is 29.8 Å². The van der Waals surface area contributed by atoms with Gasteiger partial charge in [-0.25, -0.2) is 0 Å². The fourth-order valence-electron chi connectivity index (χ4n) is 1.58. The average Bonchev–Trinajstić information content (AvgIpc) is 2.47. The van der Waals surface area contributed by atoms with Gasteiger partial charge >= 0.3 is 0 Å². The van der Waals surface area contributed by atoms with Gasteiger partial charge in [-0.05, 0) is 24.5 Å². The van der Waals surface area contributed by atoms with E-state index >= 15 is 0 Å². The van der Waals surface area contributed by atoms with E-state index in [-0.39, 0.29) is 6.04 Å². The van der Waals surface area contributed by atoms with Crippen molar-refractivity contribution in [3.05, 3.63) is 23.5 Å². The molecular weight excluding hydrogens is 152 g/mol. The summed E-state index contributed by atoms with van der Waals surface area (Å²) in [6.07, 6.45) is 3.76. The molecule has 0 bridgehead atoms. The Morgan fingerprint density at radius 1 is 1.67 bits per heavy atom. The van der Waals surface area contributed by atoms with E-state index in [2.05, 4.69) is 4.98 Å². The molecule has 64 valence electrons. The van der Waals surface area contributed by atoms with Crippen LogP contribution in [0.1, 0.15) is 23.7 Å². The van der Waals surface area contributed by atoms with Gasteiger partial charge in [0.15, 0.2) is 0 Å². The number of aryl methyl sites for hydroxylation is 1. The van der Waals surface area contributed by atoms with Gasteiger partial charge in [-0.3, -0.25) is 4.98 Å². The second-order valence-electron chi connectivity index (χ2n) is 3.06. The van der Waals surface area contributed by atoms with Crippen LogP contribution < -0.4 is 10.5 Å². The zero-order chi connectivity index (χ0) is 8.55. The predicted octanol–water partition coefficient (Wildman–Crippen LogP) is 1.04. The number of ether oxygens (including phenoxy) is 1. The highest BCUT2D eigenvalue weighted by molar-refractivity contribution is 5.34. The first-order chi connectivity index (χ1) is 5.81. The Morgan fingerprint density at radius 2 is 2.50 bits per heavy atom. The van der Waals surface area contributed by atoms with Crippen molar-refractivity contribution < 1.29 is 4.74 Å². The maximum absolute atomic E-state index is 5.87.